The summed E-state index contributed by atoms with van der Waals surface area (Å²) in [4.78, 5) is 55.7. The highest BCUT2D eigenvalue weighted by Crippen LogP contribution is 2.42. The number of nitrogens with zero attached hydrogens (tertiary/aromatic N) is 5. The number of hydrogen-bond acceptors (Lipinski definition) is 7. The number of likely N-dealkylation sites (tertiary alicyclic amines) is 1. The molecule has 0 saturated carbocycles. The Morgan fingerprint density at radius 3 is 2.67 bits per heavy atom. The van der Waals surface area contributed by atoms with Crippen molar-refractivity contribution in [3.63, 3.8) is 0 Å². The molecule has 2 fully saturated rings. The van der Waals surface area contributed by atoms with E-state index >= 15 is 0 Å². The highest BCUT2D eigenvalue weighted by molar-refractivity contribution is 6.27. The van der Waals surface area contributed by atoms with Crippen LogP contribution in [0.25, 0.3) is 10.8 Å². The second kappa shape index (κ2) is 8.33. The fourth-order valence-corrected chi connectivity index (χ4v) is 5.19. The van der Waals surface area contributed by atoms with E-state index in [4.69, 9.17) is 9.84 Å². The molecular weight excluding hydrogens is 468 g/mol. The Hall–Kier alpha value is -4.48. The lowest BCUT2D eigenvalue weighted by Gasteiger charge is -2.30. The number of carbonyl (C=O) groups is 4. The second-order valence-electron chi connectivity index (χ2n) is 9.08. The molecule has 36 heavy (non-hydrogen) atoms. The van der Waals surface area contributed by atoms with Gasteiger partial charge in [0.05, 0.1) is 35.9 Å². The normalized spacial score (nSPS) is 20.2. The van der Waals surface area contributed by atoms with Crippen LogP contribution in [0.15, 0.2) is 36.8 Å². The standard InChI is InChI=1S/C24H22N6O6/c31-19-5-4-17(21(32)27-19)30-18-11-25-22(15-2-1-3-16(20(15)18)23(30)33)36-14-10-26-29(12-14)13-6-8-28(9-7-13)24(34)35/h1-3,10-13,17H,4-9H2,(H,34,35)(H,27,31,32). The molecule has 4 amide bonds. The minimum atomic E-state index is -0.911. The summed E-state index contributed by atoms with van der Waals surface area (Å²) < 4.78 is 7.84. The first-order valence-corrected chi connectivity index (χ1v) is 11.7. The van der Waals surface area contributed by atoms with E-state index < -0.39 is 18.0 Å². The maximum Gasteiger partial charge on any atom is 0.407 e. The predicted molar refractivity (Wildman–Crippen MR) is 125 cm³/mol. The largest absolute Gasteiger partial charge is 0.465 e. The zero-order valence-corrected chi connectivity index (χ0v) is 19.1. The quantitative estimate of drug-likeness (QED) is 0.530. The van der Waals surface area contributed by atoms with Crippen LogP contribution >= 0.6 is 0 Å². The van der Waals surface area contributed by atoms with E-state index in [0.717, 1.165) is 0 Å². The molecular formula is C24H22N6O6. The Balaban J connectivity index is 1.27. The van der Waals surface area contributed by atoms with E-state index in [1.54, 1.807) is 35.3 Å². The van der Waals surface area contributed by atoms with Crippen molar-refractivity contribution in [3.05, 3.63) is 42.4 Å². The summed E-state index contributed by atoms with van der Waals surface area (Å²) in [6.07, 6.45) is 5.66. The number of carboxylic acid groups (broad SMARTS) is 1. The number of amides is 4. The van der Waals surface area contributed by atoms with Crippen LogP contribution in [0.4, 0.5) is 10.5 Å². The van der Waals surface area contributed by atoms with Crippen molar-refractivity contribution in [2.24, 2.45) is 0 Å². The Bertz CT molecular complexity index is 1430. The maximum absolute atomic E-state index is 13.3. The lowest BCUT2D eigenvalue weighted by Crippen LogP contribution is -2.53. The molecule has 6 rings (SSSR count). The zero-order valence-electron chi connectivity index (χ0n) is 19.1. The van der Waals surface area contributed by atoms with Gasteiger partial charge in [-0.15, -0.1) is 0 Å². The van der Waals surface area contributed by atoms with Gasteiger partial charge in [-0.05, 0) is 31.4 Å². The Morgan fingerprint density at radius 1 is 1.11 bits per heavy atom. The number of ether oxygens (including phenoxy) is 1. The van der Waals surface area contributed by atoms with Gasteiger partial charge in [0, 0.05) is 30.3 Å². The van der Waals surface area contributed by atoms with Gasteiger partial charge >= 0.3 is 6.09 Å². The van der Waals surface area contributed by atoms with E-state index in [2.05, 4.69) is 15.4 Å². The summed E-state index contributed by atoms with van der Waals surface area (Å²) in [6, 6.07) is 4.52. The van der Waals surface area contributed by atoms with Gasteiger partial charge in [-0.2, -0.15) is 5.10 Å². The molecule has 1 atom stereocenters. The van der Waals surface area contributed by atoms with Gasteiger partial charge in [-0.3, -0.25) is 29.3 Å². The van der Waals surface area contributed by atoms with E-state index in [-0.39, 0.29) is 30.7 Å². The SMILES string of the molecule is O=C1CCC(N2C(=O)c3cccc4c(Oc5cnn(C6CCN(C(=O)O)CC6)c5)ncc2c34)C(=O)N1. The summed E-state index contributed by atoms with van der Waals surface area (Å²) in [7, 11) is 0. The van der Waals surface area contributed by atoms with Crippen LogP contribution in [0.2, 0.25) is 0 Å². The first-order chi connectivity index (χ1) is 17.4. The molecule has 0 bridgehead atoms. The molecule has 3 aromatic rings. The van der Waals surface area contributed by atoms with E-state index in [9.17, 15) is 19.2 Å². The average molecular weight is 490 g/mol. The molecule has 2 saturated heterocycles. The van der Waals surface area contributed by atoms with Gasteiger partial charge in [0.25, 0.3) is 5.91 Å². The molecule has 2 N–H and O–H groups in total. The van der Waals surface area contributed by atoms with Gasteiger partial charge in [0.1, 0.15) is 6.04 Å². The van der Waals surface area contributed by atoms with Crippen molar-refractivity contribution >= 4 is 40.3 Å². The summed E-state index contributed by atoms with van der Waals surface area (Å²) in [5, 5.41) is 17.1. The smallest absolute Gasteiger partial charge is 0.407 e. The number of pyridine rings is 1. The number of carbonyl (C=O) groups excluding carboxylic acids is 3. The van der Waals surface area contributed by atoms with E-state index in [1.165, 1.54) is 16.0 Å². The Morgan fingerprint density at radius 2 is 1.92 bits per heavy atom. The minimum absolute atomic E-state index is 0.0680. The van der Waals surface area contributed by atoms with Crippen molar-refractivity contribution in [2.75, 3.05) is 18.0 Å². The summed E-state index contributed by atoms with van der Waals surface area (Å²) in [6.45, 7) is 0.897. The number of benzene rings is 1. The van der Waals surface area contributed by atoms with Crippen molar-refractivity contribution < 1.29 is 29.0 Å². The molecule has 12 nitrogen and oxygen atoms in total. The first kappa shape index (κ1) is 22.0. The van der Waals surface area contributed by atoms with Gasteiger partial charge < -0.3 is 14.7 Å². The van der Waals surface area contributed by atoms with E-state index in [1.807, 2.05) is 0 Å². The number of aromatic nitrogens is 3. The number of nitrogens with one attached hydrogen (secondary N) is 1. The average Bonchev–Trinajstić information content (AvgIpc) is 3.45. The topological polar surface area (TPSA) is 147 Å². The fourth-order valence-electron chi connectivity index (χ4n) is 5.19. The number of anilines is 1. The predicted octanol–water partition coefficient (Wildman–Crippen LogP) is 2.30. The summed E-state index contributed by atoms with van der Waals surface area (Å²) >= 11 is 0. The lowest BCUT2D eigenvalue weighted by atomic mass is 10.0. The lowest BCUT2D eigenvalue weighted by molar-refractivity contribution is -0.134. The van der Waals surface area contributed by atoms with Crippen LogP contribution in [0, 0.1) is 0 Å². The molecule has 0 spiro atoms. The van der Waals surface area contributed by atoms with Crippen molar-refractivity contribution in [1.82, 2.24) is 25.0 Å². The molecule has 184 valence electrons. The Labute approximate surface area is 204 Å². The monoisotopic (exact) mass is 490 g/mol. The third-order valence-corrected chi connectivity index (χ3v) is 6.99. The number of rotatable bonds is 4. The van der Waals surface area contributed by atoms with Crippen LogP contribution in [-0.4, -0.2) is 67.7 Å². The van der Waals surface area contributed by atoms with Gasteiger partial charge in [0.15, 0.2) is 5.75 Å². The molecule has 1 aromatic carbocycles. The molecule has 0 radical (unpaired) electrons. The molecule has 1 unspecified atom stereocenters. The molecule has 3 aliphatic heterocycles. The van der Waals surface area contributed by atoms with Crippen molar-refractivity contribution in [3.8, 4) is 11.6 Å². The van der Waals surface area contributed by atoms with E-state index in [0.29, 0.717) is 59.6 Å². The van der Waals surface area contributed by atoms with Gasteiger partial charge in [-0.25, -0.2) is 9.78 Å². The van der Waals surface area contributed by atoms with Crippen LogP contribution < -0.4 is 15.0 Å². The highest BCUT2D eigenvalue weighted by atomic mass is 16.5. The summed E-state index contributed by atoms with van der Waals surface area (Å²) in [5.74, 6) is -0.392. The van der Waals surface area contributed by atoms with Crippen LogP contribution in [0.3, 0.4) is 0 Å². The zero-order chi connectivity index (χ0) is 25.0. The van der Waals surface area contributed by atoms with Gasteiger partial charge in [0.2, 0.25) is 17.7 Å². The number of imide groups is 1. The third-order valence-electron chi connectivity index (χ3n) is 6.99. The van der Waals surface area contributed by atoms with Crippen LogP contribution in [-0.2, 0) is 9.59 Å². The Kier molecular flexibility index (Phi) is 5.09. The van der Waals surface area contributed by atoms with Gasteiger partial charge in [-0.1, -0.05) is 6.07 Å². The third kappa shape index (κ3) is 3.53. The first-order valence-electron chi connectivity index (χ1n) is 11.7. The number of piperidine rings is 2. The second-order valence-corrected chi connectivity index (χ2v) is 9.08. The summed E-state index contributed by atoms with van der Waals surface area (Å²) in [5.41, 5.74) is 0.952. The molecule has 0 aliphatic carbocycles. The van der Waals surface area contributed by atoms with Crippen molar-refractivity contribution in [1.29, 1.82) is 0 Å². The highest BCUT2D eigenvalue weighted by Gasteiger charge is 2.41. The molecule has 3 aliphatic rings. The van der Waals surface area contributed by atoms with Crippen LogP contribution in [0.5, 0.6) is 11.6 Å². The fraction of sp³-hybridized carbons (Fsp3) is 0.333. The van der Waals surface area contributed by atoms with Crippen LogP contribution in [0.1, 0.15) is 42.1 Å². The molecule has 5 heterocycles. The molecule has 2 aromatic heterocycles. The minimum Gasteiger partial charge on any atom is -0.465 e. The maximum atomic E-state index is 13.3. The number of hydrogen-bond donors (Lipinski definition) is 2. The van der Waals surface area contributed by atoms with Crippen molar-refractivity contribution in [2.45, 2.75) is 37.8 Å². The molecule has 12 heteroatoms.